The highest BCUT2D eigenvalue weighted by Crippen LogP contribution is 2.23. The van der Waals surface area contributed by atoms with Crippen LogP contribution in [0.1, 0.15) is 37.7 Å². The molecule has 1 aromatic heterocycles. The molecule has 9 nitrogen and oxygen atoms in total. The zero-order valence-corrected chi connectivity index (χ0v) is 17.3. The lowest BCUT2D eigenvalue weighted by Crippen LogP contribution is -2.18. The quantitative estimate of drug-likeness (QED) is 0.514. The monoisotopic (exact) mass is 428 g/mol. The fourth-order valence-electron chi connectivity index (χ4n) is 2.76. The molecule has 0 fully saturated rings. The molecule has 30 heavy (non-hydrogen) atoms. The van der Waals surface area contributed by atoms with E-state index < -0.39 is 21.9 Å². The van der Waals surface area contributed by atoms with E-state index in [1.807, 2.05) is 6.07 Å². The average Bonchev–Trinajstić information content (AvgIpc) is 3.04. The zero-order chi connectivity index (χ0) is 22.1. The first-order valence-corrected chi connectivity index (χ1v) is 10.3. The van der Waals surface area contributed by atoms with Crippen LogP contribution in [-0.2, 0) is 10.1 Å². The van der Waals surface area contributed by atoms with E-state index in [-0.39, 0.29) is 27.6 Å². The largest absolute Gasteiger partial charge is 0.379 e. The fourth-order valence-corrected chi connectivity index (χ4v) is 4.00. The van der Waals surface area contributed by atoms with Crippen LogP contribution in [0.15, 0.2) is 47.4 Å². The van der Waals surface area contributed by atoms with Crippen LogP contribution in [-0.4, -0.2) is 30.4 Å². The number of hydrogen-bond donors (Lipinski definition) is 3. The molecule has 0 aliphatic carbocycles. The van der Waals surface area contributed by atoms with Crippen molar-refractivity contribution in [2.24, 2.45) is 5.73 Å². The minimum Gasteiger partial charge on any atom is -0.379 e. The van der Waals surface area contributed by atoms with Gasteiger partial charge in [-0.3, -0.25) is 14.7 Å². The second-order valence-corrected chi connectivity index (χ2v) is 8.24. The number of amides is 2. The SMILES string of the molecule is Cc1ccc(C)c(S(=O)(=O)Oc2ccc(C(=O)Nc3c(C(N)=O)n[nH]c3C)cc2)c1. The Bertz CT molecular complexity index is 1230. The fraction of sp³-hybridized carbons (Fsp3) is 0.150. The first-order chi connectivity index (χ1) is 14.1. The lowest BCUT2D eigenvalue weighted by molar-refractivity contribution is 0.0996. The summed E-state index contributed by atoms with van der Waals surface area (Å²) in [6.45, 7) is 5.10. The van der Waals surface area contributed by atoms with Crippen molar-refractivity contribution >= 4 is 27.6 Å². The highest BCUT2D eigenvalue weighted by Gasteiger charge is 2.21. The molecule has 0 radical (unpaired) electrons. The number of carbonyl (C=O) groups excluding carboxylic acids is 2. The Morgan fingerprint density at radius 2 is 1.73 bits per heavy atom. The van der Waals surface area contributed by atoms with E-state index in [4.69, 9.17) is 9.92 Å². The standard InChI is InChI=1S/C20H20N4O5S/c1-11-4-5-12(2)16(10-11)30(27,28)29-15-8-6-14(7-9-15)20(26)22-17-13(3)23-24-18(17)19(21)25/h4-10H,1-3H3,(H2,21,25)(H,22,26)(H,23,24). The van der Waals surface area contributed by atoms with Crippen LogP contribution in [0.5, 0.6) is 5.75 Å². The predicted molar refractivity (Wildman–Crippen MR) is 110 cm³/mol. The van der Waals surface area contributed by atoms with Gasteiger partial charge in [-0.25, -0.2) is 0 Å². The third-order valence-electron chi connectivity index (χ3n) is 4.35. The van der Waals surface area contributed by atoms with Crippen molar-refractivity contribution in [3.63, 3.8) is 0 Å². The van der Waals surface area contributed by atoms with Gasteiger partial charge >= 0.3 is 10.1 Å². The molecule has 0 atom stereocenters. The maximum Gasteiger partial charge on any atom is 0.339 e. The highest BCUT2D eigenvalue weighted by atomic mass is 32.2. The maximum atomic E-state index is 12.6. The summed E-state index contributed by atoms with van der Waals surface area (Å²) in [6.07, 6.45) is 0. The molecule has 2 aromatic carbocycles. The van der Waals surface area contributed by atoms with E-state index in [2.05, 4.69) is 15.5 Å². The van der Waals surface area contributed by atoms with Crippen LogP contribution < -0.4 is 15.2 Å². The van der Waals surface area contributed by atoms with Gasteiger partial charge in [0, 0.05) is 5.56 Å². The lowest BCUT2D eigenvalue weighted by Gasteiger charge is -2.11. The molecule has 156 valence electrons. The number of aromatic nitrogens is 2. The Balaban J connectivity index is 1.78. The molecule has 0 aliphatic heterocycles. The van der Waals surface area contributed by atoms with E-state index in [1.165, 1.54) is 30.3 Å². The molecule has 4 N–H and O–H groups in total. The molecule has 2 amide bonds. The van der Waals surface area contributed by atoms with Crippen LogP contribution in [0.2, 0.25) is 0 Å². The summed E-state index contributed by atoms with van der Waals surface area (Å²) in [5, 5.41) is 8.91. The third-order valence-corrected chi connectivity index (χ3v) is 5.74. The number of hydrogen-bond acceptors (Lipinski definition) is 6. The molecule has 0 saturated heterocycles. The number of rotatable bonds is 6. The minimum absolute atomic E-state index is 0.0600. The summed E-state index contributed by atoms with van der Waals surface area (Å²) in [5.74, 6) is -1.24. The van der Waals surface area contributed by atoms with Crippen LogP contribution in [0.3, 0.4) is 0 Å². The molecule has 0 saturated carbocycles. The van der Waals surface area contributed by atoms with Crippen molar-refractivity contribution in [2.45, 2.75) is 25.7 Å². The lowest BCUT2D eigenvalue weighted by atomic mass is 10.2. The Morgan fingerprint density at radius 1 is 1.07 bits per heavy atom. The first kappa shape index (κ1) is 21.1. The number of primary amides is 1. The Morgan fingerprint density at radius 3 is 2.37 bits per heavy atom. The van der Waals surface area contributed by atoms with Gasteiger partial charge in [-0.1, -0.05) is 12.1 Å². The maximum absolute atomic E-state index is 12.6. The number of anilines is 1. The summed E-state index contributed by atoms with van der Waals surface area (Å²) in [4.78, 5) is 24.0. The van der Waals surface area contributed by atoms with Gasteiger partial charge in [-0.15, -0.1) is 0 Å². The number of nitrogens with one attached hydrogen (secondary N) is 2. The molecule has 3 aromatic rings. The van der Waals surface area contributed by atoms with Gasteiger partial charge in [0.05, 0.1) is 11.4 Å². The number of H-pyrrole nitrogens is 1. The van der Waals surface area contributed by atoms with E-state index in [1.54, 1.807) is 26.8 Å². The Kier molecular flexibility index (Phi) is 5.61. The Hall–Kier alpha value is -3.66. The number of aryl methyl sites for hydroxylation is 3. The highest BCUT2D eigenvalue weighted by molar-refractivity contribution is 7.87. The van der Waals surface area contributed by atoms with E-state index in [0.717, 1.165) is 5.56 Å². The molecule has 0 spiro atoms. The number of nitrogens with two attached hydrogens (primary N) is 1. The van der Waals surface area contributed by atoms with Crippen molar-refractivity contribution in [2.75, 3.05) is 5.32 Å². The van der Waals surface area contributed by atoms with Gasteiger partial charge in [0.2, 0.25) is 0 Å². The molecule has 1 heterocycles. The van der Waals surface area contributed by atoms with E-state index >= 15 is 0 Å². The second-order valence-electron chi connectivity index (χ2n) is 6.72. The van der Waals surface area contributed by atoms with Crippen LogP contribution in [0.25, 0.3) is 0 Å². The topological polar surface area (TPSA) is 144 Å². The molecular formula is C20H20N4O5S. The van der Waals surface area contributed by atoms with Gasteiger partial charge in [0.15, 0.2) is 5.69 Å². The summed E-state index contributed by atoms with van der Waals surface area (Å²) >= 11 is 0. The zero-order valence-electron chi connectivity index (χ0n) is 16.5. The summed E-state index contributed by atoms with van der Waals surface area (Å²) < 4.78 is 30.4. The van der Waals surface area contributed by atoms with Gasteiger partial charge < -0.3 is 15.2 Å². The molecule has 0 unspecified atom stereocenters. The third kappa shape index (κ3) is 4.33. The van der Waals surface area contributed by atoms with Crippen LogP contribution >= 0.6 is 0 Å². The predicted octanol–water partition coefficient (Wildman–Crippen LogP) is 2.45. The minimum atomic E-state index is -4.03. The smallest absolute Gasteiger partial charge is 0.339 e. The van der Waals surface area contributed by atoms with Crippen LogP contribution in [0, 0.1) is 20.8 Å². The van der Waals surface area contributed by atoms with Gasteiger partial charge in [0.25, 0.3) is 11.8 Å². The summed E-state index contributed by atoms with van der Waals surface area (Å²) in [7, 11) is -4.03. The van der Waals surface area contributed by atoms with Crippen molar-refractivity contribution < 1.29 is 22.2 Å². The molecule has 0 bridgehead atoms. The van der Waals surface area contributed by atoms with Crippen LogP contribution in [0.4, 0.5) is 5.69 Å². The van der Waals surface area contributed by atoms with Gasteiger partial charge in [-0.05, 0) is 62.2 Å². The molecule has 3 rings (SSSR count). The van der Waals surface area contributed by atoms with E-state index in [9.17, 15) is 18.0 Å². The van der Waals surface area contributed by atoms with Crippen molar-refractivity contribution in [1.29, 1.82) is 0 Å². The number of carbonyl (C=O) groups is 2. The molecule has 10 heteroatoms. The van der Waals surface area contributed by atoms with Crippen molar-refractivity contribution in [3.05, 3.63) is 70.5 Å². The Labute approximate surface area is 173 Å². The second kappa shape index (κ2) is 7.99. The average molecular weight is 428 g/mol. The van der Waals surface area contributed by atoms with Gasteiger partial charge in [0.1, 0.15) is 10.6 Å². The molecule has 0 aliphatic rings. The summed E-state index contributed by atoms with van der Waals surface area (Å²) in [5.41, 5.74) is 7.40. The number of aromatic amines is 1. The number of benzene rings is 2. The first-order valence-electron chi connectivity index (χ1n) is 8.86. The normalized spacial score (nSPS) is 11.2. The van der Waals surface area contributed by atoms with E-state index in [0.29, 0.717) is 11.3 Å². The van der Waals surface area contributed by atoms with Gasteiger partial charge in [-0.2, -0.15) is 13.5 Å². The van der Waals surface area contributed by atoms with Crippen molar-refractivity contribution in [1.82, 2.24) is 10.2 Å². The summed E-state index contributed by atoms with van der Waals surface area (Å²) in [6, 6.07) is 10.6. The molecular weight excluding hydrogens is 408 g/mol. The van der Waals surface area contributed by atoms with Crippen molar-refractivity contribution in [3.8, 4) is 5.75 Å². The number of nitrogens with zero attached hydrogens (tertiary/aromatic N) is 1.